The average molecular weight is 388 g/mol. The Hall–Kier alpha value is -2.58. The Morgan fingerprint density at radius 1 is 1.37 bits per heavy atom. The van der Waals surface area contributed by atoms with Crippen LogP contribution >= 0.6 is 11.8 Å². The highest BCUT2D eigenvalue weighted by atomic mass is 32.2. The number of aliphatic hydroxyl groups is 1. The molecular weight excluding hydrogens is 368 g/mol. The molecule has 0 unspecified atom stereocenters. The lowest BCUT2D eigenvalue weighted by atomic mass is 9.83. The van der Waals surface area contributed by atoms with Crippen LogP contribution in [0.15, 0.2) is 52.4 Å². The third-order valence-electron chi connectivity index (χ3n) is 4.63. The number of carboxylic acids is 1. The highest BCUT2D eigenvalue weighted by molar-refractivity contribution is 8.05. The number of nitrogens with zero attached hydrogens (tertiary/aromatic N) is 1. The zero-order valence-corrected chi connectivity index (χ0v) is 15.5. The summed E-state index contributed by atoms with van der Waals surface area (Å²) in [5.74, 6) is -2.41. The van der Waals surface area contributed by atoms with Crippen molar-refractivity contribution in [3.05, 3.63) is 58.0 Å². The molecular formula is C19H20N2O5S. The second kappa shape index (κ2) is 7.98. The number of amides is 2. The normalized spacial score (nSPS) is 22.6. The van der Waals surface area contributed by atoms with Crippen LogP contribution in [0.1, 0.15) is 18.9 Å². The van der Waals surface area contributed by atoms with Crippen molar-refractivity contribution in [2.24, 2.45) is 5.92 Å². The van der Waals surface area contributed by atoms with Crippen molar-refractivity contribution < 1.29 is 24.6 Å². The predicted molar refractivity (Wildman–Crippen MR) is 100 cm³/mol. The van der Waals surface area contributed by atoms with Crippen molar-refractivity contribution in [2.45, 2.75) is 32.0 Å². The summed E-state index contributed by atoms with van der Waals surface area (Å²) in [5, 5.41) is 23.4. The summed E-state index contributed by atoms with van der Waals surface area (Å²) < 4.78 is 0. The molecule has 142 valence electrons. The highest BCUT2D eigenvalue weighted by Crippen LogP contribution is 2.47. The molecule has 2 aliphatic rings. The van der Waals surface area contributed by atoms with Crippen molar-refractivity contribution in [1.82, 2.24) is 10.2 Å². The zero-order valence-electron chi connectivity index (χ0n) is 14.7. The molecule has 2 aliphatic heterocycles. The summed E-state index contributed by atoms with van der Waals surface area (Å²) in [6.07, 6.45) is 0.880. The monoisotopic (exact) mass is 388 g/mol. The van der Waals surface area contributed by atoms with Crippen LogP contribution in [-0.4, -0.2) is 45.0 Å². The first-order valence-corrected chi connectivity index (χ1v) is 9.40. The van der Waals surface area contributed by atoms with Gasteiger partial charge in [0, 0.05) is 23.9 Å². The van der Waals surface area contributed by atoms with E-state index in [1.807, 2.05) is 30.3 Å². The van der Waals surface area contributed by atoms with E-state index >= 15 is 0 Å². The molecule has 2 heterocycles. The Labute approximate surface area is 160 Å². The molecule has 1 aromatic rings. The van der Waals surface area contributed by atoms with Gasteiger partial charge in [-0.15, -0.1) is 0 Å². The number of rotatable bonds is 7. The van der Waals surface area contributed by atoms with Crippen molar-refractivity contribution in [1.29, 1.82) is 0 Å². The Bertz CT molecular complexity index is 819. The molecule has 1 fully saturated rings. The van der Waals surface area contributed by atoms with Crippen LogP contribution in [0.25, 0.3) is 0 Å². The van der Waals surface area contributed by atoms with E-state index in [2.05, 4.69) is 5.32 Å². The van der Waals surface area contributed by atoms with E-state index in [1.54, 1.807) is 0 Å². The first-order chi connectivity index (χ1) is 12.9. The van der Waals surface area contributed by atoms with Gasteiger partial charge in [-0.2, -0.15) is 0 Å². The van der Waals surface area contributed by atoms with Crippen LogP contribution in [0.3, 0.4) is 0 Å². The standard InChI is InChI=1S/C19H20N2O5S/c1-11(22)16-13-9-14(17(19(25)26)21(13)18(16)24)27-8-7-15(23)20-10-12-5-3-2-4-6-12/h2-8,11,13,16,22H,9-10H2,1H3,(H,20,23)(H,25,26)/b8-7-/t11-,13-,16-/m1/s1. The summed E-state index contributed by atoms with van der Waals surface area (Å²) in [5.41, 5.74) is 0.923. The molecule has 3 rings (SSSR count). The third-order valence-corrected chi connectivity index (χ3v) is 5.55. The molecule has 0 aromatic heterocycles. The smallest absolute Gasteiger partial charge is 0.353 e. The maximum atomic E-state index is 12.1. The molecule has 0 spiro atoms. The van der Waals surface area contributed by atoms with Gasteiger partial charge in [-0.1, -0.05) is 42.1 Å². The van der Waals surface area contributed by atoms with Crippen molar-refractivity contribution in [2.75, 3.05) is 0 Å². The zero-order chi connectivity index (χ0) is 19.6. The van der Waals surface area contributed by atoms with Gasteiger partial charge in [0.15, 0.2) is 0 Å². The maximum absolute atomic E-state index is 12.1. The second-order valence-corrected chi connectivity index (χ2v) is 7.45. The first-order valence-electron chi connectivity index (χ1n) is 8.52. The number of thioether (sulfide) groups is 1. The number of aliphatic hydroxyl groups excluding tert-OH is 1. The quantitative estimate of drug-likeness (QED) is 0.482. The fraction of sp³-hybridized carbons (Fsp3) is 0.316. The Morgan fingerprint density at radius 2 is 2.07 bits per heavy atom. The van der Waals surface area contributed by atoms with Crippen LogP contribution in [-0.2, 0) is 20.9 Å². The van der Waals surface area contributed by atoms with E-state index in [4.69, 9.17) is 0 Å². The summed E-state index contributed by atoms with van der Waals surface area (Å²) in [6.45, 7) is 1.93. The molecule has 7 nitrogen and oxygen atoms in total. The van der Waals surface area contributed by atoms with E-state index < -0.39 is 18.0 Å². The van der Waals surface area contributed by atoms with E-state index in [-0.39, 0.29) is 23.6 Å². The lowest BCUT2D eigenvalue weighted by Gasteiger charge is -2.44. The number of aliphatic carboxylic acids is 1. The molecule has 3 N–H and O–H groups in total. The van der Waals surface area contributed by atoms with Crippen molar-refractivity contribution in [3.8, 4) is 0 Å². The fourth-order valence-electron chi connectivity index (χ4n) is 3.36. The number of carboxylic acid groups (broad SMARTS) is 1. The molecule has 1 aromatic carbocycles. The molecule has 0 saturated carbocycles. The summed E-state index contributed by atoms with van der Waals surface area (Å²) in [7, 11) is 0. The van der Waals surface area contributed by atoms with E-state index in [0.717, 1.165) is 17.3 Å². The average Bonchev–Trinajstić information content (AvgIpc) is 2.95. The van der Waals surface area contributed by atoms with Gasteiger partial charge < -0.3 is 20.4 Å². The van der Waals surface area contributed by atoms with Crippen LogP contribution in [0.4, 0.5) is 0 Å². The van der Waals surface area contributed by atoms with Gasteiger partial charge in [0.05, 0.1) is 18.1 Å². The predicted octanol–water partition coefficient (Wildman–Crippen LogP) is 1.46. The minimum atomic E-state index is -1.18. The molecule has 2 amide bonds. The summed E-state index contributed by atoms with van der Waals surface area (Å²) >= 11 is 1.12. The highest BCUT2D eigenvalue weighted by Gasteiger charge is 2.56. The number of fused-ring (bicyclic) bond motifs is 1. The molecule has 0 bridgehead atoms. The van der Waals surface area contributed by atoms with Gasteiger partial charge in [0.1, 0.15) is 5.70 Å². The second-order valence-electron chi connectivity index (χ2n) is 6.45. The van der Waals surface area contributed by atoms with Gasteiger partial charge in [-0.05, 0) is 17.9 Å². The lowest BCUT2D eigenvalue weighted by molar-refractivity contribution is -0.161. The van der Waals surface area contributed by atoms with E-state index in [1.165, 1.54) is 23.3 Å². The van der Waals surface area contributed by atoms with E-state index in [0.29, 0.717) is 17.9 Å². The molecule has 0 aliphatic carbocycles. The molecule has 0 radical (unpaired) electrons. The Balaban J connectivity index is 1.60. The van der Waals surface area contributed by atoms with Crippen LogP contribution in [0.5, 0.6) is 0 Å². The maximum Gasteiger partial charge on any atom is 0.353 e. The molecule has 3 atom stereocenters. The number of β-lactam (4-membered cyclic amide) rings is 1. The largest absolute Gasteiger partial charge is 0.477 e. The lowest BCUT2D eigenvalue weighted by Crippen LogP contribution is -2.61. The number of hydrogen-bond acceptors (Lipinski definition) is 5. The number of benzene rings is 1. The van der Waals surface area contributed by atoms with Crippen molar-refractivity contribution in [3.63, 3.8) is 0 Å². The SMILES string of the molecule is C[C@@H](O)[C@H]1C(=O)N2C(C(=O)O)=C(S/C=C\C(=O)NCc3ccccc3)C[C@H]12. The van der Waals surface area contributed by atoms with Gasteiger partial charge in [0.25, 0.3) is 0 Å². The number of nitrogens with one attached hydrogen (secondary N) is 1. The Kier molecular flexibility index (Phi) is 5.67. The minimum Gasteiger partial charge on any atom is -0.477 e. The number of hydrogen-bond donors (Lipinski definition) is 3. The number of carbonyl (C=O) groups is 3. The van der Waals surface area contributed by atoms with Gasteiger partial charge >= 0.3 is 5.97 Å². The van der Waals surface area contributed by atoms with Crippen LogP contribution in [0, 0.1) is 5.92 Å². The van der Waals surface area contributed by atoms with Crippen LogP contribution in [0.2, 0.25) is 0 Å². The van der Waals surface area contributed by atoms with E-state index in [9.17, 15) is 24.6 Å². The summed E-state index contributed by atoms with van der Waals surface area (Å²) in [6, 6.07) is 9.15. The van der Waals surface area contributed by atoms with Crippen molar-refractivity contribution >= 4 is 29.5 Å². The van der Waals surface area contributed by atoms with Gasteiger partial charge in [-0.3, -0.25) is 9.59 Å². The van der Waals surface area contributed by atoms with Gasteiger partial charge in [0.2, 0.25) is 11.8 Å². The van der Waals surface area contributed by atoms with Crippen LogP contribution < -0.4 is 5.32 Å². The summed E-state index contributed by atoms with van der Waals surface area (Å²) in [4.78, 5) is 37.3. The molecule has 27 heavy (non-hydrogen) atoms. The molecule has 8 heteroatoms. The first kappa shape index (κ1) is 19.2. The topological polar surface area (TPSA) is 107 Å². The minimum absolute atomic E-state index is 0.0544. The Morgan fingerprint density at radius 3 is 2.70 bits per heavy atom. The number of carbonyl (C=O) groups excluding carboxylic acids is 2. The van der Waals surface area contributed by atoms with Gasteiger partial charge in [-0.25, -0.2) is 4.79 Å². The fourth-order valence-corrected chi connectivity index (χ4v) is 4.28. The third kappa shape index (κ3) is 3.91. The molecule has 1 saturated heterocycles.